The lowest BCUT2D eigenvalue weighted by molar-refractivity contribution is 0.294. The molecular weight excluding hydrogens is 356 g/mol. The van der Waals surface area contributed by atoms with Gasteiger partial charge in [-0.2, -0.15) is 13.5 Å². The summed E-state index contributed by atoms with van der Waals surface area (Å²) in [6, 6.07) is 11.3. The molecule has 2 aromatic carbocycles. The van der Waals surface area contributed by atoms with Crippen molar-refractivity contribution in [2.24, 2.45) is 5.10 Å². The zero-order chi connectivity index (χ0) is 19.0. The molecule has 8 heteroatoms. The number of methoxy groups -OCH3 is 2. The highest BCUT2D eigenvalue weighted by molar-refractivity contribution is 7.89. The lowest BCUT2D eigenvalue weighted by Crippen LogP contribution is -2.18. The van der Waals surface area contributed by atoms with Crippen LogP contribution in [0, 0.1) is 0 Å². The summed E-state index contributed by atoms with van der Waals surface area (Å²) < 4.78 is 40.3. The van der Waals surface area contributed by atoms with E-state index in [4.69, 9.17) is 14.2 Å². The first kappa shape index (κ1) is 19.6. The molecule has 0 aliphatic rings. The third-order valence-electron chi connectivity index (χ3n) is 3.41. The maximum atomic E-state index is 12.2. The molecule has 0 atom stereocenters. The van der Waals surface area contributed by atoms with Crippen LogP contribution in [0.1, 0.15) is 18.9 Å². The van der Waals surface area contributed by atoms with E-state index in [1.54, 1.807) is 37.4 Å². The van der Waals surface area contributed by atoms with E-state index in [2.05, 4.69) is 9.93 Å². The van der Waals surface area contributed by atoms with Crippen LogP contribution in [-0.2, 0) is 10.0 Å². The average molecular weight is 378 g/mol. The SMILES string of the molecule is CCCOc1ccc(/C=N/NS(=O)(=O)c2ccc(OC)cc2)cc1OC. The van der Waals surface area contributed by atoms with Crippen LogP contribution in [0.15, 0.2) is 52.5 Å². The molecular formula is C18H22N2O5S. The Morgan fingerprint density at radius 1 is 1.04 bits per heavy atom. The molecule has 140 valence electrons. The predicted molar refractivity (Wildman–Crippen MR) is 99.7 cm³/mol. The van der Waals surface area contributed by atoms with Gasteiger partial charge in [0.1, 0.15) is 5.75 Å². The van der Waals surface area contributed by atoms with Crippen LogP contribution in [0.2, 0.25) is 0 Å². The lowest BCUT2D eigenvalue weighted by Gasteiger charge is -2.10. The zero-order valence-corrected chi connectivity index (χ0v) is 15.7. The molecule has 26 heavy (non-hydrogen) atoms. The van der Waals surface area contributed by atoms with Crippen LogP contribution in [-0.4, -0.2) is 35.5 Å². The highest BCUT2D eigenvalue weighted by Crippen LogP contribution is 2.27. The molecule has 7 nitrogen and oxygen atoms in total. The number of hydrazone groups is 1. The number of benzene rings is 2. The van der Waals surface area contributed by atoms with Crippen molar-refractivity contribution in [3.63, 3.8) is 0 Å². The fourth-order valence-electron chi connectivity index (χ4n) is 2.07. The monoisotopic (exact) mass is 378 g/mol. The summed E-state index contributed by atoms with van der Waals surface area (Å²) in [5, 5.41) is 3.81. The Balaban J connectivity index is 2.08. The number of sulfonamides is 1. The summed E-state index contributed by atoms with van der Waals surface area (Å²) >= 11 is 0. The van der Waals surface area contributed by atoms with E-state index >= 15 is 0 Å². The van der Waals surface area contributed by atoms with Crippen molar-refractivity contribution in [2.45, 2.75) is 18.2 Å². The van der Waals surface area contributed by atoms with Crippen molar-refractivity contribution in [1.29, 1.82) is 0 Å². The number of rotatable bonds is 9. The summed E-state index contributed by atoms with van der Waals surface area (Å²) in [7, 11) is -0.695. The second kappa shape index (κ2) is 9.10. The largest absolute Gasteiger partial charge is 0.497 e. The van der Waals surface area contributed by atoms with Crippen LogP contribution in [0.3, 0.4) is 0 Å². The van der Waals surface area contributed by atoms with Gasteiger partial charge in [-0.25, -0.2) is 4.83 Å². The summed E-state index contributed by atoms with van der Waals surface area (Å²) in [5.41, 5.74) is 0.670. The first-order valence-electron chi connectivity index (χ1n) is 8.00. The first-order chi connectivity index (χ1) is 12.5. The molecule has 2 rings (SSSR count). The number of hydrogen-bond donors (Lipinski definition) is 1. The van der Waals surface area contributed by atoms with Gasteiger partial charge in [0, 0.05) is 0 Å². The summed E-state index contributed by atoms with van der Waals surface area (Å²) in [6.07, 6.45) is 2.28. The average Bonchev–Trinajstić information content (AvgIpc) is 2.66. The van der Waals surface area contributed by atoms with Crippen molar-refractivity contribution in [3.05, 3.63) is 48.0 Å². The molecule has 0 unspecified atom stereocenters. The minimum atomic E-state index is -3.75. The van der Waals surface area contributed by atoms with Crippen LogP contribution < -0.4 is 19.0 Å². The van der Waals surface area contributed by atoms with Gasteiger partial charge >= 0.3 is 0 Å². The molecule has 0 aromatic heterocycles. The smallest absolute Gasteiger partial charge is 0.276 e. The quantitative estimate of drug-likeness (QED) is 0.536. The second-order valence-electron chi connectivity index (χ2n) is 5.29. The Bertz CT molecular complexity index is 848. The summed E-state index contributed by atoms with van der Waals surface area (Å²) in [6.45, 7) is 2.61. The van der Waals surface area contributed by atoms with Crippen LogP contribution in [0.5, 0.6) is 17.2 Å². The molecule has 0 radical (unpaired) electrons. The third-order valence-corrected chi connectivity index (χ3v) is 4.64. The summed E-state index contributed by atoms with van der Waals surface area (Å²) in [5.74, 6) is 1.76. The lowest BCUT2D eigenvalue weighted by atomic mass is 10.2. The highest BCUT2D eigenvalue weighted by Gasteiger charge is 2.12. The first-order valence-corrected chi connectivity index (χ1v) is 9.48. The number of hydrogen-bond acceptors (Lipinski definition) is 6. The van der Waals surface area contributed by atoms with E-state index in [-0.39, 0.29) is 4.90 Å². The molecule has 0 aliphatic carbocycles. The van der Waals surface area contributed by atoms with Crippen LogP contribution in [0.25, 0.3) is 0 Å². The van der Waals surface area contributed by atoms with E-state index in [9.17, 15) is 8.42 Å². The van der Waals surface area contributed by atoms with Crippen LogP contribution >= 0.6 is 0 Å². The van der Waals surface area contributed by atoms with E-state index in [1.807, 2.05) is 6.92 Å². The van der Waals surface area contributed by atoms with E-state index < -0.39 is 10.0 Å². The van der Waals surface area contributed by atoms with Crippen molar-refractivity contribution in [3.8, 4) is 17.2 Å². The molecule has 2 aromatic rings. The normalized spacial score (nSPS) is 11.3. The van der Waals surface area contributed by atoms with Crippen molar-refractivity contribution in [1.82, 2.24) is 4.83 Å². The molecule has 0 bridgehead atoms. The van der Waals surface area contributed by atoms with Gasteiger partial charge in [0.2, 0.25) is 0 Å². The number of ether oxygens (including phenoxy) is 3. The minimum absolute atomic E-state index is 0.0938. The molecule has 0 aliphatic heterocycles. The van der Waals surface area contributed by atoms with Gasteiger partial charge in [0.25, 0.3) is 10.0 Å². The van der Waals surface area contributed by atoms with Crippen molar-refractivity contribution >= 4 is 16.2 Å². The minimum Gasteiger partial charge on any atom is -0.497 e. The highest BCUT2D eigenvalue weighted by atomic mass is 32.2. The molecule has 0 saturated heterocycles. The maximum absolute atomic E-state index is 12.2. The van der Waals surface area contributed by atoms with Gasteiger partial charge in [0.15, 0.2) is 11.5 Å². The second-order valence-corrected chi connectivity index (χ2v) is 6.95. The number of nitrogens with zero attached hydrogens (tertiary/aromatic N) is 1. The van der Waals surface area contributed by atoms with E-state index in [1.165, 1.54) is 25.5 Å². The topological polar surface area (TPSA) is 86.2 Å². The van der Waals surface area contributed by atoms with Crippen molar-refractivity contribution in [2.75, 3.05) is 20.8 Å². The van der Waals surface area contributed by atoms with Gasteiger partial charge < -0.3 is 14.2 Å². The van der Waals surface area contributed by atoms with Crippen LogP contribution in [0.4, 0.5) is 0 Å². The fourth-order valence-corrected chi connectivity index (χ4v) is 2.86. The van der Waals surface area contributed by atoms with Gasteiger partial charge in [-0.05, 0) is 54.4 Å². The zero-order valence-electron chi connectivity index (χ0n) is 14.9. The standard InChI is InChI=1S/C18H22N2O5S/c1-4-11-25-17-10-5-14(12-18(17)24-3)13-19-20-26(21,22)16-8-6-15(23-2)7-9-16/h5-10,12-13,20H,4,11H2,1-3H3/b19-13+. The van der Waals surface area contributed by atoms with Gasteiger partial charge in [0.05, 0.1) is 31.9 Å². The Morgan fingerprint density at radius 2 is 1.77 bits per heavy atom. The maximum Gasteiger partial charge on any atom is 0.276 e. The van der Waals surface area contributed by atoms with E-state index in [0.29, 0.717) is 29.4 Å². The predicted octanol–water partition coefficient (Wildman–Crippen LogP) is 2.81. The van der Waals surface area contributed by atoms with Gasteiger partial charge in [-0.15, -0.1) is 0 Å². The molecule has 1 N–H and O–H groups in total. The molecule has 0 saturated carbocycles. The van der Waals surface area contributed by atoms with Gasteiger partial charge in [-0.3, -0.25) is 0 Å². The Morgan fingerprint density at radius 3 is 2.38 bits per heavy atom. The molecule has 0 spiro atoms. The molecule has 0 fully saturated rings. The Labute approximate surface area is 153 Å². The third kappa shape index (κ3) is 5.13. The summed E-state index contributed by atoms with van der Waals surface area (Å²) in [4.78, 5) is 2.27. The fraction of sp³-hybridized carbons (Fsp3) is 0.278. The molecule has 0 amide bonds. The van der Waals surface area contributed by atoms with Crippen molar-refractivity contribution < 1.29 is 22.6 Å². The Kier molecular flexibility index (Phi) is 6.85. The van der Waals surface area contributed by atoms with E-state index in [0.717, 1.165) is 6.42 Å². The van der Waals surface area contributed by atoms with Gasteiger partial charge in [-0.1, -0.05) is 6.92 Å². The molecule has 0 heterocycles. The Hall–Kier alpha value is -2.74. The number of nitrogens with one attached hydrogen (secondary N) is 1.